The van der Waals surface area contributed by atoms with Crippen molar-refractivity contribution in [1.29, 1.82) is 0 Å². The number of ether oxygens (including phenoxy) is 4. The Kier molecular flexibility index (Phi) is 9.01. The van der Waals surface area contributed by atoms with Gasteiger partial charge in [-0.3, -0.25) is 0 Å². The summed E-state index contributed by atoms with van der Waals surface area (Å²) in [5, 5.41) is 2.69. The Hall–Kier alpha value is -3.22. The van der Waals surface area contributed by atoms with Crippen molar-refractivity contribution in [3.05, 3.63) is 60.2 Å². The van der Waals surface area contributed by atoms with Crippen molar-refractivity contribution < 1.29 is 28.5 Å². The highest BCUT2D eigenvalue weighted by Crippen LogP contribution is 2.29. The summed E-state index contributed by atoms with van der Waals surface area (Å²) in [4.78, 5) is 25.3. The number of benzene rings is 2. The molecule has 1 fully saturated rings. The van der Waals surface area contributed by atoms with Crippen LogP contribution in [0.15, 0.2) is 54.6 Å². The fraction of sp³-hybridized carbons (Fsp3) is 0.500. The van der Waals surface area contributed by atoms with Gasteiger partial charge < -0.3 is 24.3 Å². The lowest BCUT2D eigenvalue weighted by molar-refractivity contribution is -0.156. The Morgan fingerprint density at radius 1 is 1.03 bits per heavy atom. The van der Waals surface area contributed by atoms with Gasteiger partial charge in [0.1, 0.15) is 35.3 Å². The van der Waals surface area contributed by atoms with Gasteiger partial charge in [-0.25, -0.2) is 9.59 Å². The van der Waals surface area contributed by atoms with Gasteiger partial charge in [0, 0.05) is 5.92 Å². The molecular formula is C28H37NO6. The highest BCUT2D eigenvalue weighted by Gasteiger charge is 2.36. The Balaban J connectivity index is 1.80. The van der Waals surface area contributed by atoms with Crippen LogP contribution < -0.4 is 14.8 Å². The lowest BCUT2D eigenvalue weighted by atomic mass is 9.86. The first kappa shape index (κ1) is 26.4. The van der Waals surface area contributed by atoms with Crippen molar-refractivity contribution in [2.45, 2.75) is 77.2 Å². The molecule has 1 aliphatic heterocycles. The molecular weight excluding hydrogens is 446 g/mol. The van der Waals surface area contributed by atoms with Crippen molar-refractivity contribution in [2.24, 2.45) is 5.92 Å². The van der Waals surface area contributed by atoms with Crippen LogP contribution in [0.3, 0.4) is 0 Å². The summed E-state index contributed by atoms with van der Waals surface area (Å²) in [6.07, 6.45) is 1.23. The minimum absolute atomic E-state index is 0.0895. The van der Waals surface area contributed by atoms with Crippen LogP contribution in [0.1, 0.15) is 52.5 Å². The number of alkyl carbamates (subject to hydrolysis) is 1. The lowest BCUT2D eigenvalue weighted by Crippen LogP contribution is -2.46. The largest absolute Gasteiger partial charge is 0.497 e. The Labute approximate surface area is 208 Å². The molecule has 7 nitrogen and oxygen atoms in total. The maximum Gasteiger partial charge on any atom is 0.408 e. The maximum absolute atomic E-state index is 13.0. The molecule has 1 aliphatic rings. The molecule has 2 aromatic rings. The van der Waals surface area contributed by atoms with Crippen molar-refractivity contribution >= 4 is 12.1 Å². The minimum atomic E-state index is -0.774. The summed E-state index contributed by atoms with van der Waals surface area (Å²) in [7, 11) is 1.65. The molecule has 7 heteroatoms. The van der Waals surface area contributed by atoms with Crippen molar-refractivity contribution in [3.63, 3.8) is 0 Å². The minimum Gasteiger partial charge on any atom is -0.497 e. The molecule has 0 saturated carbocycles. The van der Waals surface area contributed by atoms with E-state index in [1.54, 1.807) is 27.9 Å². The Morgan fingerprint density at radius 2 is 1.71 bits per heavy atom. The summed E-state index contributed by atoms with van der Waals surface area (Å²) in [5.41, 5.74) is 0.497. The molecule has 1 N–H and O–H groups in total. The van der Waals surface area contributed by atoms with Gasteiger partial charge in [0.25, 0.3) is 0 Å². The number of rotatable bonds is 6. The second-order valence-corrected chi connectivity index (χ2v) is 9.98. The third-order valence-electron chi connectivity index (χ3n) is 5.94. The number of hydrogen-bond donors (Lipinski definition) is 1. The fourth-order valence-electron chi connectivity index (χ4n) is 4.29. The molecule has 0 radical (unpaired) electrons. The summed E-state index contributed by atoms with van der Waals surface area (Å²) >= 11 is 0. The second-order valence-electron chi connectivity index (χ2n) is 9.98. The van der Waals surface area contributed by atoms with Crippen LogP contribution in [-0.2, 0) is 20.7 Å². The average Bonchev–Trinajstić information content (AvgIpc) is 2.85. The molecule has 1 saturated heterocycles. The molecule has 3 rings (SSSR count). The molecule has 0 aromatic heterocycles. The van der Waals surface area contributed by atoms with E-state index < -0.39 is 29.8 Å². The number of carbonyl (C=O) groups is 2. The van der Waals surface area contributed by atoms with E-state index in [1.807, 2.05) is 49.4 Å². The van der Waals surface area contributed by atoms with Gasteiger partial charge in [-0.05, 0) is 76.8 Å². The van der Waals surface area contributed by atoms with E-state index in [0.29, 0.717) is 6.42 Å². The van der Waals surface area contributed by atoms with Crippen LogP contribution >= 0.6 is 0 Å². The predicted molar refractivity (Wildman–Crippen MR) is 134 cm³/mol. The van der Waals surface area contributed by atoms with Crippen molar-refractivity contribution in [2.75, 3.05) is 7.11 Å². The van der Waals surface area contributed by atoms with Gasteiger partial charge >= 0.3 is 12.1 Å². The highest BCUT2D eigenvalue weighted by atomic mass is 16.6. The highest BCUT2D eigenvalue weighted by molar-refractivity contribution is 5.81. The van der Waals surface area contributed by atoms with Gasteiger partial charge in [-0.15, -0.1) is 0 Å². The van der Waals surface area contributed by atoms with Crippen molar-refractivity contribution in [3.8, 4) is 11.5 Å². The first-order chi connectivity index (χ1) is 16.6. The summed E-state index contributed by atoms with van der Waals surface area (Å²) in [5.74, 6) is 1.14. The molecule has 0 spiro atoms. The predicted octanol–water partition coefficient (Wildman–Crippen LogP) is 5.31. The van der Waals surface area contributed by atoms with E-state index >= 15 is 0 Å². The first-order valence-corrected chi connectivity index (χ1v) is 12.2. The Bertz CT molecular complexity index is 954. The normalized spacial score (nSPS) is 23.2. The van der Waals surface area contributed by atoms with E-state index in [4.69, 9.17) is 18.9 Å². The van der Waals surface area contributed by atoms with E-state index in [1.165, 1.54) is 0 Å². The monoisotopic (exact) mass is 483 g/mol. The number of esters is 1. The zero-order valence-electron chi connectivity index (χ0n) is 21.3. The number of para-hydroxylation sites is 1. The topological polar surface area (TPSA) is 83.1 Å². The van der Waals surface area contributed by atoms with Gasteiger partial charge in [0.2, 0.25) is 0 Å². The summed E-state index contributed by atoms with van der Waals surface area (Å²) in [6, 6.07) is 16.8. The van der Waals surface area contributed by atoms with Crippen LogP contribution in [0.2, 0.25) is 0 Å². The van der Waals surface area contributed by atoms with Gasteiger partial charge in [0.05, 0.1) is 7.11 Å². The third kappa shape index (κ3) is 8.19. The van der Waals surface area contributed by atoms with Crippen LogP contribution in [-0.4, -0.2) is 43.0 Å². The maximum atomic E-state index is 13.0. The number of hydrogen-bond acceptors (Lipinski definition) is 6. The smallest absolute Gasteiger partial charge is 0.408 e. The zero-order chi connectivity index (χ0) is 25.4. The number of cyclic esters (lactones) is 1. The van der Waals surface area contributed by atoms with Crippen LogP contribution in [0.25, 0.3) is 0 Å². The van der Waals surface area contributed by atoms with Crippen LogP contribution in [0.4, 0.5) is 4.79 Å². The van der Waals surface area contributed by atoms with Gasteiger partial charge in [-0.2, -0.15) is 0 Å². The molecule has 1 amide bonds. The average molecular weight is 484 g/mol. The van der Waals surface area contributed by atoms with E-state index in [9.17, 15) is 9.59 Å². The standard InChI is InChI=1S/C28H37NO6/c1-19-25(34-23-11-7-6-8-12-23)21(18-20-14-16-22(32-5)17-15-20)10-9-13-24(26(30)33-19)29-27(31)35-28(2,3)4/h6-8,11-12,14-17,19,21,24-25H,9-10,13,18H2,1-5H3,(H,29,31). The number of amides is 1. The van der Waals surface area contributed by atoms with Crippen molar-refractivity contribution in [1.82, 2.24) is 5.32 Å². The molecule has 35 heavy (non-hydrogen) atoms. The molecule has 4 atom stereocenters. The molecule has 2 aromatic carbocycles. The fourth-order valence-corrected chi connectivity index (χ4v) is 4.29. The SMILES string of the molecule is COc1ccc(CC2CCCC(NC(=O)OC(C)(C)C)C(=O)OC(C)C2Oc2ccccc2)cc1. The van der Waals surface area contributed by atoms with Crippen LogP contribution in [0.5, 0.6) is 11.5 Å². The van der Waals surface area contributed by atoms with Crippen LogP contribution in [0, 0.1) is 5.92 Å². The van der Waals surface area contributed by atoms with E-state index in [0.717, 1.165) is 36.3 Å². The number of nitrogens with one attached hydrogen (secondary N) is 1. The van der Waals surface area contributed by atoms with E-state index in [-0.39, 0.29) is 12.0 Å². The molecule has 1 heterocycles. The lowest BCUT2D eigenvalue weighted by Gasteiger charge is -2.32. The number of carbonyl (C=O) groups excluding carboxylic acids is 2. The Morgan fingerprint density at radius 3 is 2.34 bits per heavy atom. The third-order valence-corrected chi connectivity index (χ3v) is 5.94. The van der Waals surface area contributed by atoms with Gasteiger partial charge in [0.15, 0.2) is 0 Å². The quantitative estimate of drug-likeness (QED) is 0.561. The number of methoxy groups -OCH3 is 1. The second kappa shape index (κ2) is 12.0. The molecule has 0 aliphatic carbocycles. The molecule has 4 unspecified atom stereocenters. The van der Waals surface area contributed by atoms with Gasteiger partial charge in [-0.1, -0.05) is 36.8 Å². The zero-order valence-corrected chi connectivity index (χ0v) is 21.3. The molecule has 0 bridgehead atoms. The summed E-state index contributed by atoms with van der Waals surface area (Å²) in [6.45, 7) is 7.20. The first-order valence-electron chi connectivity index (χ1n) is 12.2. The van der Waals surface area contributed by atoms with E-state index in [2.05, 4.69) is 17.4 Å². The summed E-state index contributed by atoms with van der Waals surface area (Å²) < 4.78 is 22.9. The molecule has 190 valence electrons.